The van der Waals surface area contributed by atoms with E-state index in [4.69, 9.17) is 35.6 Å². The number of fused-ring (bicyclic) bond motifs is 1. The first-order chi connectivity index (χ1) is 12.5. The molecule has 0 amide bonds. The number of H-pyrrole nitrogens is 1. The molecule has 2 saturated heterocycles. The summed E-state index contributed by atoms with van der Waals surface area (Å²) in [4.78, 5) is 27.5. The number of aromatic amines is 1. The Kier molecular flexibility index (Phi) is 5.02. The number of hydrogen-bond acceptors (Lipinski definition) is 8. The predicted molar refractivity (Wildman–Crippen MR) is 89.6 cm³/mol. The Morgan fingerprint density at radius 3 is 2.85 bits per heavy atom. The second-order valence-corrected chi connectivity index (χ2v) is 8.97. The predicted octanol–water partition coefficient (Wildman–Crippen LogP) is 1.77. The molecule has 1 N–H and O–H groups in total. The van der Waals surface area contributed by atoms with Crippen LogP contribution in [0.1, 0.15) is 20.1 Å². The molecule has 2 aliphatic rings. The van der Waals surface area contributed by atoms with Gasteiger partial charge in [-0.15, -0.1) is 0 Å². The van der Waals surface area contributed by atoms with E-state index in [1.165, 1.54) is 0 Å². The molecule has 2 fully saturated rings. The van der Waals surface area contributed by atoms with Gasteiger partial charge in [0.2, 0.25) is 12.0 Å². The molecule has 0 aliphatic carbocycles. The fourth-order valence-electron chi connectivity index (χ4n) is 2.71. The third-order valence-electron chi connectivity index (χ3n) is 3.73. The number of alkyl halides is 2. The number of ether oxygens (including phenoxy) is 1. The highest BCUT2D eigenvalue weighted by atomic mass is 32.5. The topological polar surface area (TPSA) is 141 Å². The van der Waals surface area contributed by atoms with Gasteiger partial charge in [0.25, 0.3) is 5.56 Å². The molecule has 1 unspecified atom stereocenters. The lowest BCUT2D eigenvalue weighted by molar-refractivity contribution is -0.140. The van der Waals surface area contributed by atoms with Crippen LogP contribution in [0.15, 0.2) is 27.0 Å². The summed E-state index contributed by atoms with van der Waals surface area (Å²) in [6, 6.07) is 0.868. The van der Waals surface area contributed by atoms with Crippen molar-refractivity contribution in [2.45, 2.75) is 43.9 Å². The summed E-state index contributed by atoms with van der Waals surface area (Å²) in [7, 11) is 0. The summed E-state index contributed by atoms with van der Waals surface area (Å²) >= 11 is 5.09. The first-order valence-corrected chi connectivity index (χ1v) is 10.1. The second-order valence-electron chi connectivity index (χ2n) is 6.06. The average molecular weight is 425 g/mol. The van der Waals surface area contributed by atoms with E-state index < -0.39 is 54.7 Å². The Bertz CT molecular complexity index is 962. The van der Waals surface area contributed by atoms with Crippen molar-refractivity contribution in [1.29, 1.82) is 0 Å². The zero-order valence-corrected chi connectivity index (χ0v) is 15.7. The summed E-state index contributed by atoms with van der Waals surface area (Å²) < 4.78 is 51.8. The van der Waals surface area contributed by atoms with E-state index in [9.17, 15) is 9.59 Å². The quantitative estimate of drug-likeness (QED) is 0.335. The number of nitrogens with one attached hydrogen (secondary N) is 1. The van der Waals surface area contributed by atoms with Gasteiger partial charge in [0, 0.05) is 17.2 Å². The highest BCUT2D eigenvalue weighted by Gasteiger charge is 2.71. The van der Waals surface area contributed by atoms with E-state index in [2.05, 4.69) is 10.0 Å². The van der Waals surface area contributed by atoms with Gasteiger partial charge in [-0.3, -0.25) is 18.9 Å². The van der Waals surface area contributed by atoms with E-state index in [1.807, 2.05) is 4.98 Å². The maximum Gasteiger partial charge on any atom is 0.330 e. The lowest BCUT2D eigenvalue weighted by Crippen LogP contribution is -2.52. The molecule has 11 nitrogen and oxygen atoms in total. The van der Waals surface area contributed by atoms with Crippen LogP contribution >= 0.6 is 6.72 Å². The molecular weight excluding hydrogens is 411 g/mol. The Morgan fingerprint density at radius 2 is 2.26 bits per heavy atom. The molecule has 3 rings (SSSR count). The van der Waals surface area contributed by atoms with Gasteiger partial charge in [0.1, 0.15) is 0 Å². The van der Waals surface area contributed by atoms with Gasteiger partial charge in [-0.25, -0.2) is 4.79 Å². The molecule has 0 saturated carbocycles. The molecule has 0 radical (unpaired) electrons. The third kappa shape index (κ3) is 3.45. The van der Waals surface area contributed by atoms with Crippen molar-refractivity contribution in [2.75, 3.05) is 6.61 Å². The van der Waals surface area contributed by atoms with E-state index in [0.29, 0.717) is 4.57 Å². The van der Waals surface area contributed by atoms with Crippen LogP contribution in [0.4, 0.5) is 8.78 Å². The smallest absolute Gasteiger partial charge is 0.330 e. The van der Waals surface area contributed by atoms with Crippen LogP contribution in [-0.2, 0) is 30.1 Å². The lowest BCUT2D eigenvalue weighted by atomic mass is 10.1. The Labute approximate surface area is 155 Å². The minimum absolute atomic E-state index is 0.463. The summed E-state index contributed by atoms with van der Waals surface area (Å²) in [6.07, 6.45) is -4.04. The van der Waals surface area contributed by atoms with Gasteiger partial charge in [-0.2, -0.15) is 8.78 Å². The molecular formula is C12H14F2N5O6PS. The Balaban J connectivity index is 2.08. The molecule has 148 valence electrons. The van der Waals surface area contributed by atoms with Crippen LogP contribution in [0.25, 0.3) is 10.4 Å². The minimum Gasteiger partial charge on any atom is -0.333 e. The van der Waals surface area contributed by atoms with E-state index >= 15 is 8.78 Å². The van der Waals surface area contributed by atoms with Crippen LogP contribution in [0, 0.1) is 0 Å². The van der Waals surface area contributed by atoms with Gasteiger partial charge in [-0.1, -0.05) is 5.11 Å². The van der Waals surface area contributed by atoms with E-state index in [0.717, 1.165) is 12.3 Å². The molecule has 4 atom stereocenters. The van der Waals surface area contributed by atoms with Crippen molar-refractivity contribution < 1.29 is 27.1 Å². The summed E-state index contributed by atoms with van der Waals surface area (Å²) in [6.45, 7) is -1.01. The van der Waals surface area contributed by atoms with E-state index in [1.54, 1.807) is 13.8 Å². The van der Waals surface area contributed by atoms with Crippen molar-refractivity contribution >= 4 is 18.5 Å². The van der Waals surface area contributed by atoms with Crippen LogP contribution in [0.5, 0.6) is 0 Å². The van der Waals surface area contributed by atoms with Gasteiger partial charge >= 0.3 is 18.3 Å². The lowest BCUT2D eigenvalue weighted by Gasteiger charge is -2.39. The first kappa shape index (κ1) is 20.1. The summed E-state index contributed by atoms with van der Waals surface area (Å²) in [5.74, 6) is -3.87. The van der Waals surface area contributed by atoms with Crippen LogP contribution < -0.4 is 11.2 Å². The molecule has 27 heavy (non-hydrogen) atoms. The number of hydrogen-bond donors (Lipinski definition) is 1. The van der Waals surface area contributed by atoms with Crippen LogP contribution in [-0.4, -0.2) is 40.0 Å². The van der Waals surface area contributed by atoms with Crippen molar-refractivity contribution in [1.82, 2.24) is 9.55 Å². The number of nitrogens with zero attached hydrogens (tertiary/aromatic N) is 4. The second kappa shape index (κ2) is 6.74. The van der Waals surface area contributed by atoms with Gasteiger partial charge in [0.05, 0.1) is 12.7 Å². The Morgan fingerprint density at radius 1 is 1.56 bits per heavy atom. The highest BCUT2D eigenvalue weighted by Crippen LogP contribution is 2.63. The molecule has 1 aromatic rings. The van der Waals surface area contributed by atoms with E-state index in [-0.39, 0.29) is 0 Å². The van der Waals surface area contributed by atoms with Crippen molar-refractivity contribution in [3.8, 4) is 0 Å². The molecule has 1 aromatic heterocycles. The number of rotatable bonds is 4. The number of halogens is 2. The molecule has 0 bridgehead atoms. The molecule has 0 aromatic carbocycles. The highest BCUT2D eigenvalue weighted by molar-refractivity contribution is 8.07. The van der Waals surface area contributed by atoms with Gasteiger partial charge < -0.3 is 13.8 Å². The summed E-state index contributed by atoms with van der Waals surface area (Å²) in [5.41, 5.74) is 4.62. The Hall–Kier alpha value is -1.66. The zero-order chi connectivity index (χ0) is 20.0. The molecule has 0 spiro atoms. The fourth-order valence-corrected chi connectivity index (χ4v) is 5.23. The monoisotopic (exact) mass is 425 g/mol. The van der Waals surface area contributed by atoms with Crippen molar-refractivity contribution in [3.05, 3.63) is 43.5 Å². The number of aromatic nitrogens is 2. The van der Waals surface area contributed by atoms with Crippen molar-refractivity contribution in [3.63, 3.8) is 0 Å². The maximum absolute atomic E-state index is 15.1. The maximum atomic E-state index is 15.1. The minimum atomic E-state index is -3.87. The van der Waals surface area contributed by atoms with Gasteiger partial charge in [-0.05, 0) is 31.2 Å². The van der Waals surface area contributed by atoms with Crippen molar-refractivity contribution in [2.24, 2.45) is 5.11 Å². The average Bonchev–Trinajstić information content (AvgIpc) is 2.76. The van der Waals surface area contributed by atoms with Crippen LogP contribution in [0.2, 0.25) is 0 Å². The van der Waals surface area contributed by atoms with Gasteiger partial charge in [0.15, 0.2) is 6.10 Å². The molecule has 3 heterocycles. The SMILES string of the molecule is CC(C)OP1(=S)OC[C@@]2(N=[N+]=[N-])O[C@@H](n3ccc(=O)[nH]c3=O)C(F)(F)[C@@H]2O1. The molecule has 2 aliphatic heterocycles. The third-order valence-corrected chi connectivity index (χ3v) is 6.15. The summed E-state index contributed by atoms with van der Waals surface area (Å²) in [5, 5.41) is 3.30. The standard InChI is InChI=1S/C12H14F2N5O6PS/c1-6(2)24-26(27)22-5-11(17-18-15)8(25-26)12(13,14)9(23-11)19-4-3-7(20)16-10(19)21/h3-4,6,8-9H,5H2,1-2H3,(H,16,20,21)/t8-,9-,11-,26?/m1/s1. The van der Waals surface area contributed by atoms with Crippen LogP contribution in [0.3, 0.4) is 0 Å². The normalized spacial score (nSPS) is 34.9. The largest absolute Gasteiger partial charge is 0.333 e. The first-order valence-electron chi connectivity index (χ1n) is 7.58. The number of azide groups is 1. The zero-order valence-electron chi connectivity index (χ0n) is 13.9. The fraction of sp³-hybridized carbons (Fsp3) is 0.667. The molecule has 15 heteroatoms.